The third kappa shape index (κ3) is 1.14. The van der Waals surface area contributed by atoms with Gasteiger partial charge in [0.2, 0.25) is 0 Å². The first kappa shape index (κ1) is 6.79. The number of nitrogens with zero attached hydrogens (tertiary/aromatic N) is 3. The van der Waals surface area contributed by atoms with Gasteiger partial charge in [-0.25, -0.2) is 0 Å². The molecule has 1 heterocycles. The van der Waals surface area contributed by atoms with Gasteiger partial charge >= 0.3 is 0 Å². The summed E-state index contributed by atoms with van der Waals surface area (Å²) in [5.41, 5.74) is 5.70. The van der Waals surface area contributed by atoms with Gasteiger partial charge in [-0.1, -0.05) is 0 Å². The second kappa shape index (κ2) is 2.30. The molecule has 0 unspecified atom stereocenters. The summed E-state index contributed by atoms with van der Waals surface area (Å²) in [7, 11) is 0. The van der Waals surface area contributed by atoms with Crippen molar-refractivity contribution in [2.45, 2.75) is 31.8 Å². The van der Waals surface area contributed by atoms with Crippen LogP contribution < -0.4 is 5.73 Å². The van der Waals surface area contributed by atoms with Gasteiger partial charge in [0.05, 0.1) is 6.04 Å². The lowest BCUT2D eigenvalue weighted by atomic mass is 10.3. The number of nitrogens with two attached hydrogens (primary N) is 1. The van der Waals surface area contributed by atoms with Crippen molar-refractivity contribution in [3.05, 3.63) is 12.2 Å². The Morgan fingerprint density at radius 1 is 1.73 bits per heavy atom. The number of hydrogen-bond donors (Lipinski definition) is 1. The second-order valence-electron chi connectivity index (χ2n) is 3.12. The highest BCUT2D eigenvalue weighted by Gasteiger charge is 2.26. The first-order valence-corrected chi connectivity index (χ1v) is 3.94. The van der Waals surface area contributed by atoms with Crippen LogP contribution in [-0.4, -0.2) is 14.8 Å². The summed E-state index contributed by atoms with van der Waals surface area (Å²) in [6.45, 7) is 1.93. The van der Waals surface area contributed by atoms with Gasteiger partial charge in [0.1, 0.15) is 12.2 Å². The summed E-state index contributed by atoms with van der Waals surface area (Å²) in [6, 6.07) is 0.629. The minimum Gasteiger partial charge on any atom is -0.322 e. The van der Waals surface area contributed by atoms with Crippen LogP contribution in [-0.2, 0) is 0 Å². The first-order valence-electron chi connectivity index (χ1n) is 3.94. The molecule has 1 aliphatic rings. The average molecular weight is 152 g/mol. The van der Waals surface area contributed by atoms with Crippen molar-refractivity contribution >= 4 is 0 Å². The molecule has 1 fully saturated rings. The zero-order valence-corrected chi connectivity index (χ0v) is 6.57. The molecule has 4 heteroatoms. The van der Waals surface area contributed by atoms with Crippen LogP contribution in [0.5, 0.6) is 0 Å². The van der Waals surface area contributed by atoms with E-state index in [0.717, 1.165) is 5.82 Å². The molecule has 0 spiro atoms. The molecule has 1 aliphatic carbocycles. The van der Waals surface area contributed by atoms with Gasteiger partial charge in [0.25, 0.3) is 0 Å². The van der Waals surface area contributed by atoms with Gasteiger partial charge in [-0.2, -0.15) is 0 Å². The smallest absolute Gasteiger partial charge is 0.149 e. The molecule has 60 valence electrons. The Morgan fingerprint density at radius 3 is 3.00 bits per heavy atom. The van der Waals surface area contributed by atoms with Crippen LogP contribution >= 0.6 is 0 Å². The summed E-state index contributed by atoms with van der Waals surface area (Å²) < 4.78 is 2.09. The molecule has 0 amide bonds. The third-order valence-corrected chi connectivity index (χ3v) is 1.95. The van der Waals surface area contributed by atoms with Crippen LogP contribution in [0.3, 0.4) is 0 Å². The average Bonchev–Trinajstić information content (AvgIpc) is 2.68. The van der Waals surface area contributed by atoms with E-state index in [-0.39, 0.29) is 6.04 Å². The van der Waals surface area contributed by atoms with E-state index in [1.54, 1.807) is 6.33 Å². The number of aromatic nitrogens is 3. The Balaban J connectivity index is 2.30. The molecule has 0 radical (unpaired) electrons. The molecular weight excluding hydrogens is 140 g/mol. The highest BCUT2D eigenvalue weighted by molar-refractivity contribution is 4.98. The van der Waals surface area contributed by atoms with E-state index in [2.05, 4.69) is 14.8 Å². The summed E-state index contributed by atoms with van der Waals surface area (Å²) >= 11 is 0. The third-order valence-electron chi connectivity index (χ3n) is 1.95. The highest BCUT2D eigenvalue weighted by atomic mass is 15.3. The van der Waals surface area contributed by atoms with E-state index in [4.69, 9.17) is 5.73 Å². The van der Waals surface area contributed by atoms with Gasteiger partial charge in [-0.15, -0.1) is 10.2 Å². The summed E-state index contributed by atoms with van der Waals surface area (Å²) in [5, 5.41) is 7.80. The van der Waals surface area contributed by atoms with Crippen LogP contribution in [0.4, 0.5) is 0 Å². The van der Waals surface area contributed by atoms with Crippen molar-refractivity contribution in [3.63, 3.8) is 0 Å². The quantitative estimate of drug-likeness (QED) is 0.676. The topological polar surface area (TPSA) is 56.7 Å². The van der Waals surface area contributed by atoms with Gasteiger partial charge < -0.3 is 10.3 Å². The van der Waals surface area contributed by atoms with E-state index in [1.165, 1.54) is 12.8 Å². The predicted molar refractivity (Wildman–Crippen MR) is 40.9 cm³/mol. The SMILES string of the molecule is C[C@H](N)c1nncn1C1CC1. The predicted octanol–water partition coefficient (Wildman–Crippen LogP) is 0.633. The second-order valence-corrected chi connectivity index (χ2v) is 3.12. The normalized spacial score (nSPS) is 20.2. The maximum atomic E-state index is 5.70. The fourth-order valence-electron chi connectivity index (χ4n) is 1.21. The molecule has 1 aromatic rings. The van der Waals surface area contributed by atoms with E-state index in [1.807, 2.05) is 6.92 Å². The summed E-state index contributed by atoms with van der Waals surface area (Å²) in [4.78, 5) is 0. The fraction of sp³-hybridized carbons (Fsp3) is 0.714. The molecule has 0 saturated heterocycles. The number of rotatable bonds is 2. The zero-order valence-electron chi connectivity index (χ0n) is 6.57. The van der Waals surface area contributed by atoms with E-state index in [0.29, 0.717) is 6.04 Å². The fourth-order valence-corrected chi connectivity index (χ4v) is 1.21. The zero-order chi connectivity index (χ0) is 7.84. The molecule has 11 heavy (non-hydrogen) atoms. The van der Waals surface area contributed by atoms with Gasteiger partial charge in [-0.3, -0.25) is 0 Å². The van der Waals surface area contributed by atoms with Crippen LogP contribution in [0.1, 0.15) is 37.7 Å². The van der Waals surface area contributed by atoms with Crippen LogP contribution in [0, 0.1) is 0 Å². The lowest BCUT2D eigenvalue weighted by Crippen LogP contribution is -2.12. The van der Waals surface area contributed by atoms with Crippen molar-refractivity contribution in [2.75, 3.05) is 0 Å². The van der Waals surface area contributed by atoms with Crippen LogP contribution in [0.15, 0.2) is 6.33 Å². The molecule has 4 nitrogen and oxygen atoms in total. The molecule has 0 aromatic carbocycles. The van der Waals surface area contributed by atoms with Crippen molar-refractivity contribution in [3.8, 4) is 0 Å². The first-order chi connectivity index (χ1) is 5.29. The van der Waals surface area contributed by atoms with Gasteiger partial charge in [-0.05, 0) is 19.8 Å². The van der Waals surface area contributed by atoms with E-state index < -0.39 is 0 Å². The van der Waals surface area contributed by atoms with Crippen molar-refractivity contribution < 1.29 is 0 Å². The Hall–Kier alpha value is -0.900. The molecular formula is C7H12N4. The highest BCUT2D eigenvalue weighted by Crippen LogP contribution is 2.35. The van der Waals surface area contributed by atoms with Crippen LogP contribution in [0.25, 0.3) is 0 Å². The van der Waals surface area contributed by atoms with Gasteiger partial charge in [0.15, 0.2) is 0 Å². The monoisotopic (exact) mass is 152 g/mol. The van der Waals surface area contributed by atoms with E-state index in [9.17, 15) is 0 Å². The van der Waals surface area contributed by atoms with Crippen molar-refractivity contribution in [1.82, 2.24) is 14.8 Å². The molecule has 0 bridgehead atoms. The van der Waals surface area contributed by atoms with Crippen LogP contribution in [0.2, 0.25) is 0 Å². The molecule has 1 aromatic heterocycles. The summed E-state index contributed by atoms with van der Waals surface area (Å²) in [5.74, 6) is 0.910. The molecule has 2 rings (SSSR count). The maximum absolute atomic E-state index is 5.70. The summed E-state index contributed by atoms with van der Waals surface area (Å²) in [6.07, 6.45) is 4.27. The van der Waals surface area contributed by atoms with Gasteiger partial charge in [0, 0.05) is 6.04 Å². The lowest BCUT2D eigenvalue weighted by molar-refractivity contribution is 0.625. The van der Waals surface area contributed by atoms with Crippen molar-refractivity contribution in [2.24, 2.45) is 5.73 Å². The lowest BCUT2D eigenvalue weighted by Gasteiger charge is -2.06. The Labute approximate surface area is 65.4 Å². The standard InChI is InChI=1S/C7H12N4/c1-5(8)7-10-9-4-11(7)6-2-3-6/h4-6H,2-3,8H2,1H3/t5-/m0/s1. The molecule has 1 saturated carbocycles. The Kier molecular flexibility index (Phi) is 1.42. The number of hydrogen-bond acceptors (Lipinski definition) is 3. The Bertz CT molecular complexity index is 232. The maximum Gasteiger partial charge on any atom is 0.149 e. The minimum atomic E-state index is -0.00176. The molecule has 2 N–H and O–H groups in total. The minimum absolute atomic E-state index is 0.00176. The van der Waals surface area contributed by atoms with E-state index >= 15 is 0 Å². The largest absolute Gasteiger partial charge is 0.322 e. The molecule has 1 atom stereocenters. The van der Waals surface area contributed by atoms with Crippen molar-refractivity contribution in [1.29, 1.82) is 0 Å². The molecule has 0 aliphatic heterocycles. The Morgan fingerprint density at radius 2 is 2.45 bits per heavy atom.